The third-order valence-electron chi connectivity index (χ3n) is 3.43. The molecule has 0 saturated heterocycles. The normalized spacial score (nSPS) is 12.1. The molecule has 0 fully saturated rings. The summed E-state index contributed by atoms with van der Waals surface area (Å²) in [4.78, 5) is 4.36. The van der Waals surface area contributed by atoms with Gasteiger partial charge in [-0.2, -0.15) is 0 Å². The fraction of sp³-hybridized carbons (Fsp3) is 0.389. The Kier molecular flexibility index (Phi) is 6.22. The molecule has 1 unspecified atom stereocenters. The number of pyridine rings is 1. The first-order valence-corrected chi connectivity index (χ1v) is 7.65. The number of rotatable bonds is 8. The topological polar surface area (TPSA) is 34.1 Å². The van der Waals surface area contributed by atoms with Crippen LogP contribution in [-0.2, 0) is 6.54 Å². The Morgan fingerprint density at radius 3 is 2.62 bits per heavy atom. The fourth-order valence-corrected chi connectivity index (χ4v) is 2.05. The summed E-state index contributed by atoms with van der Waals surface area (Å²) in [6, 6.07) is 14.5. The first-order chi connectivity index (χ1) is 10.3. The molecule has 1 heterocycles. The molecule has 0 radical (unpaired) electrons. The van der Waals surface area contributed by atoms with Crippen LogP contribution in [0.4, 0.5) is 0 Å². The van der Waals surface area contributed by atoms with E-state index in [4.69, 9.17) is 4.74 Å². The van der Waals surface area contributed by atoms with Crippen molar-refractivity contribution in [2.45, 2.75) is 39.3 Å². The molecule has 0 saturated carbocycles. The van der Waals surface area contributed by atoms with Crippen molar-refractivity contribution in [3.8, 4) is 5.75 Å². The summed E-state index contributed by atoms with van der Waals surface area (Å²) in [7, 11) is 0. The molecule has 0 bridgehead atoms. The summed E-state index contributed by atoms with van der Waals surface area (Å²) in [6.07, 6.45) is 4.09. The molecule has 1 N–H and O–H groups in total. The second-order valence-corrected chi connectivity index (χ2v) is 5.20. The van der Waals surface area contributed by atoms with Crippen molar-refractivity contribution in [3.05, 3.63) is 59.9 Å². The van der Waals surface area contributed by atoms with Crippen LogP contribution < -0.4 is 10.1 Å². The van der Waals surface area contributed by atoms with Gasteiger partial charge in [0, 0.05) is 18.8 Å². The van der Waals surface area contributed by atoms with Crippen LogP contribution in [0, 0.1) is 0 Å². The molecule has 2 aromatic rings. The van der Waals surface area contributed by atoms with E-state index < -0.39 is 0 Å². The molecule has 2 rings (SSSR count). The van der Waals surface area contributed by atoms with Crippen LogP contribution in [0.5, 0.6) is 5.75 Å². The van der Waals surface area contributed by atoms with Gasteiger partial charge in [-0.1, -0.05) is 31.5 Å². The quantitative estimate of drug-likeness (QED) is 0.741. The molecule has 3 nitrogen and oxygen atoms in total. The predicted molar refractivity (Wildman–Crippen MR) is 86.3 cm³/mol. The maximum Gasteiger partial charge on any atom is 0.119 e. The number of nitrogens with zero attached hydrogens (tertiary/aromatic N) is 1. The zero-order chi connectivity index (χ0) is 14.9. The van der Waals surface area contributed by atoms with Crippen LogP contribution in [-0.4, -0.2) is 11.6 Å². The highest BCUT2D eigenvalue weighted by atomic mass is 16.5. The summed E-state index contributed by atoms with van der Waals surface area (Å²) in [5, 5.41) is 3.48. The van der Waals surface area contributed by atoms with E-state index >= 15 is 0 Å². The lowest BCUT2D eigenvalue weighted by atomic mass is 10.1. The summed E-state index contributed by atoms with van der Waals surface area (Å²) < 4.78 is 5.67. The molecule has 1 atom stereocenters. The van der Waals surface area contributed by atoms with Gasteiger partial charge in [0.15, 0.2) is 0 Å². The molecule has 0 aliphatic heterocycles. The number of ether oxygens (including phenoxy) is 1. The van der Waals surface area contributed by atoms with Crippen molar-refractivity contribution < 1.29 is 4.74 Å². The first kappa shape index (κ1) is 15.5. The second-order valence-electron chi connectivity index (χ2n) is 5.20. The molecule has 112 valence electrons. The van der Waals surface area contributed by atoms with Crippen LogP contribution in [0.25, 0.3) is 0 Å². The zero-order valence-electron chi connectivity index (χ0n) is 12.9. The average Bonchev–Trinajstić information content (AvgIpc) is 2.55. The molecule has 0 spiro atoms. The average molecular weight is 284 g/mol. The number of hydrogen-bond donors (Lipinski definition) is 1. The second kappa shape index (κ2) is 8.42. The van der Waals surface area contributed by atoms with E-state index in [1.54, 1.807) is 0 Å². The Balaban J connectivity index is 1.80. The zero-order valence-corrected chi connectivity index (χ0v) is 12.9. The molecule has 0 aliphatic carbocycles. The van der Waals surface area contributed by atoms with Crippen molar-refractivity contribution in [1.82, 2.24) is 10.3 Å². The highest BCUT2D eigenvalue weighted by molar-refractivity contribution is 5.27. The van der Waals surface area contributed by atoms with Crippen LogP contribution in [0.3, 0.4) is 0 Å². The first-order valence-electron chi connectivity index (χ1n) is 7.65. The SMILES string of the molecule is CCCCOc1ccc(CNC(C)c2ccccn2)cc1. The van der Waals surface area contributed by atoms with Gasteiger partial charge in [-0.15, -0.1) is 0 Å². The Bertz CT molecular complexity index is 511. The molecule has 0 aliphatic rings. The highest BCUT2D eigenvalue weighted by Crippen LogP contribution is 2.14. The number of nitrogens with one attached hydrogen (secondary N) is 1. The minimum Gasteiger partial charge on any atom is -0.494 e. The standard InChI is InChI=1S/C18H24N2O/c1-3-4-13-21-17-10-8-16(9-11-17)14-20-15(2)18-7-5-6-12-19-18/h5-12,15,20H,3-4,13-14H2,1-2H3. The molecular formula is C18H24N2O. The number of hydrogen-bond acceptors (Lipinski definition) is 3. The Morgan fingerprint density at radius 2 is 1.95 bits per heavy atom. The Morgan fingerprint density at radius 1 is 1.14 bits per heavy atom. The van der Waals surface area contributed by atoms with E-state index in [1.807, 2.05) is 36.5 Å². The molecule has 1 aromatic carbocycles. The van der Waals surface area contributed by atoms with Crippen LogP contribution in [0.15, 0.2) is 48.7 Å². The van der Waals surface area contributed by atoms with Gasteiger partial charge in [0.2, 0.25) is 0 Å². The van der Waals surface area contributed by atoms with E-state index in [2.05, 4.69) is 36.3 Å². The van der Waals surface area contributed by atoms with E-state index in [9.17, 15) is 0 Å². The lowest BCUT2D eigenvalue weighted by Gasteiger charge is -2.13. The maximum atomic E-state index is 5.67. The van der Waals surface area contributed by atoms with Crippen LogP contribution in [0.1, 0.15) is 44.0 Å². The van der Waals surface area contributed by atoms with Crippen molar-refractivity contribution >= 4 is 0 Å². The number of benzene rings is 1. The third kappa shape index (κ3) is 5.20. The van der Waals surface area contributed by atoms with E-state index in [0.717, 1.165) is 37.4 Å². The fourth-order valence-electron chi connectivity index (χ4n) is 2.05. The Hall–Kier alpha value is -1.87. The van der Waals surface area contributed by atoms with E-state index in [0.29, 0.717) is 0 Å². The summed E-state index contributed by atoms with van der Waals surface area (Å²) >= 11 is 0. The molecular weight excluding hydrogens is 260 g/mol. The predicted octanol–water partition coefficient (Wildman–Crippen LogP) is 4.11. The smallest absolute Gasteiger partial charge is 0.119 e. The number of aromatic nitrogens is 1. The monoisotopic (exact) mass is 284 g/mol. The van der Waals surface area contributed by atoms with Crippen molar-refractivity contribution in [2.75, 3.05) is 6.61 Å². The van der Waals surface area contributed by atoms with Crippen molar-refractivity contribution in [3.63, 3.8) is 0 Å². The molecule has 1 aromatic heterocycles. The molecule has 3 heteroatoms. The van der Waals surface area contributed by atoms with Crippen LogP contribution >= 0.6 is 0 Å². The summed E-state index contributed by atoms with van der Waals surface area (Å²) in [6.45, 7) is 5.92. The lowest BCUT2D eigenvalue weighted by Crippen LogP contribution is -2.18. The summed E-state index contributed by atoms with van der Waals surface area (Å²) in [5.74, 6) is 0.949. The van der Waals surface area contributed by atoms with Crippen molar-refractivity contribution in [2.24, 2.45) is 0 Å². The number of unbranched alkanes of at least 4 members (excludes halogenated alkanes) is 1. The van der Waals surface area contributed by atoms with E-state index in [-0.39, 0.29) is 6.04 Å². The third-order valence-corrected chi connectivity index (χ3v) is 3.43. The van der Waals surface area contributed by atoms with Crippen molar-refractivity contribution in [1.29, 1.82) is 0 Å². The van der Waals surface area contributed by atoms with Gasteiger partial charge in [-0.05, 0) is 43.2 Å². The molecule has 0 amide bonds. The van der Waals surface area contributed by atoms with Gasteiger partial charge >= 0.3 is 0 Å². The molecule has 21 heavy (non-hydrogen) atoms. The maximum absolute atomic E-state index is 5.67. The lowest BCUT2D eigenvalue weighted by molar-refractivity contribution is 0.309. The van der Waals surface area contributed by atoms with Gasteiger partial charge in [-0.25, -0.2) is 0 Å². The van der Waals surface area contributed by atoms with Gasteiger partial charge in [0.05, 0.1) is 12.3 Å². The largest absolute Gasteiger partial charge is 0.494 e. The summed E-state index contributed by atoms with van der Waals surface area (Å²) in [5.41, 5.74) is 2.32. The van der Waals surface area contributed by atoms with E-state index in [1.165, 1.54) is 5.56 Å². The Labute approximate surface area is 127 Å². The highest BCUT2D eigenvalue weighted by Gasteiger charge is 2.05. The van der Waals surface area contributed by atoms with Crippen LogP contribution in [0.2, 0.25) is 0 Å². The minimum atomic E-state index is 0.242. The minimum absolute atomic E-state index is 0.242. The van der Waals surface area contributed by atoms with Gasteiger partial charge in [0.1, 0.15) is 5.75 Å². The van der Waals surface area contributed by atoms with Gasteiger partial charge < -0.3 is 10.1 Å². The van der Waals surface area contributed by atoms with Gasteiger partial charge in [0.25, 0.3) is 0 Å². The van der Waals surface area contributed by atoms with Gasteiger partial charge in [-0.3, -0.25) is 4.98 Å².